The minimum atomic E-state index is -4.71. The Kier molecular flexibility index (Phi) is 8.87. The first-order valence-electron chi connectivity index (χ1n) is 14.1. The number of carbonyl (C=O) groups is 2. The minimum Gasteiger partial charge on any atom is -0.339 e. The normalized spacial score (nSPS) is 16.8. The number of hydrogen-bond acceptors (Lipinski definition) is 5. The molecule has 0 saturated heterocycles. The number of likely N-dealkylation sites (N-methyl/N-ethyl adjacent to an activating group) is 1. The molecule has 240 valence electrons. The molecule has 2 heterocycles. The summed E-state index contributed by atoms with van der Waals surface area (Å²) in [6, 6.07) is 16.4. The van der Waals surface area contributed by atoms with Crippen molar-refractivity contribution in [3.05, 3.63) is 125 Å². The topological polar surface area (TPSA) is 105 Å². The molecule has 1 aliphatic heterocycles. The van der Waals surface area contributed by atoms with Crippen molar-refractivity contribution in [2.75, 3.05) is 18.5 Å². The number of nitrogens with one attached hydrogen (secondary N) is 1. The summed E-state index contributed by atoms with van der Waals surface area (Å²) in [6.45, 7) is 4.90. The molecule has 4 aromatic rings. The molecule has 46 heavy (non-hydrogen) atoms. The third-order valence-corrected chi connectivity index (χ3v) is 9.13. The molecule has 9 nitrogen and oxygen atoms in total. The number of halogens is 4. The van der Waals surface area contributed by atoms with E-state index in [1.165, 1.54) is 47.0 Å². The molecule has 2 amide bonds. The van der Waals surface area contributed by atoms with Crippen LogP contribution < -0.4 is 10.2 Å². The van der Waals surface area contributed by atoms with Gasteiger partial charge in [-0.3, -0.25) is 14.5 Å². The van der Waals surface area contributed by atoms with E-state index in [-0.39, 0.29) is 24.3 Å². The Balaban J connectivity index is 1.73. The predicted molar refractivity (Wildman–Crippen MR) is 163 cm³/mol. The summed E-state index contributed by atoms with van der Waals surface area (Å²) in [7, 11) is -2.59. The van der Waals surface area contributed by atoms with Crippen molar-refractivity contribution >= 4 is 27.7 Å². The molecule has 0 unspecified atom stereocenters. The van der Waals surface area contributed by atoms with E-state index in [0.717, 1.165) is 21.8 Å². The number of sulfonamides is 1. The third kappa shape index (κ3) is 6.17. The molecule has 0 saturated carbocycles. The average molecular weight is 656 g/mol. The van der Waals surface area contributed by atoms with Crippen LogP contribution in [-0.4, -0.2) is 54.0 Å². The van der Waals surface area contributed by atoms with Gasteiger partial charge in [0.05, 0.1) is 23.5 Å². The lowest BCUT2D eigenvalue weighted by molar-refractivity contribution is -0.137. The SMILES string of the molecule is C=CS(=O)(=O)N(C)Cc1nn(-c2ccccc2)c2c1[C@H](c1ccc(F)cc1)[C@H](NC(=O)c1cccc(C(F)(F)F)c1)C(=O)N2CC. The lowest BCUT2D eigenvalue weighted by Crippen LogP contribution is -2.55. The maximum atomic E-state index is 14.3. The van der Waals surface area contributed by atoms with E-state index < -0.39 is 51.4 Å². The van der Waals surface area contributed by atoms with Gasteiger partial charge in [0.2, 0.25) is 10.0 Å². The average Bonchev–Trinajstić information content (AvgIpc) is 3.40. The Morgan fingerprint density at radius 1 is 1.07 bits per heavy atom. The van der Waals surface area contributed by atoms with Gasteiger partial charge in [0.25, 0.3) is 11.8 Å². The van der Waals surface area contributed by atoms with Gasteiger partial charge in [-0.15, -0.1) is 0 Å². The standard InChI is InChI=1S/C32H29F4N5O4S/c1-4-40-30-27(25(19-39(3)46(44,45)5-2)38-41(30)24-12-7-6-8-13-24)26(20-14-16-23(33)17-15-20)28(31(40)43)37-29(42)21-10-9-11-22(18-21)32(34,35)36/h5-18,26,28H,2,4,19H2,1,3H3,(H,37,42)/t26-,28-/m0/s1. The van der Waals surface area contributed by atoms with Gasteiger partial charge in [-0.05, 0) is 55.0 Å². The minimum absolute atomic E-state index is 0.0939. The fraction of sp³-hybridized carbons (Fsp3) is 0.219. The van der Waals surface area contributed by atoms with Crippen LogP contribution in [0.4, 0.5) is 23.4 Å². The van der Waals surface area contributed by atoms with Crippen molar-refractivity contribution in [2.24, 2.45) is 0 Å². The van der Waals surface area contributed by atoms with Gasteiger partial charge in [0.1, 0.15) is 17.7 Å². The van der Waals surface area contributed by atoms with E-state index in [1.54, 1.807) is 37.3 Å². The second kappa shape index (κ2) is 12.5. The Hall–Kier alpha value is -4.82. The van der Waals surface area contributed by atoms with Crippen molar-refractivity contribution in [3.8, 4) is 5.69 Å². The van der Waals surface area contributed by atoms with Gasteiger partial charge in [-0.25, -0.2) is 17.5 Å². The van der Waals surface area contributed by atoms with Crippen LogP contribution in [-0.2, 0) is 27.5 Å². The highest BCUT2D eigenvalue weighted by atomic mass is 32.2. The van der Waals surface area contributed by atoms with Gasteiger partial charge in [0.15, 0.2) is 0 Å². The molecular formula is C32H29F4N5O4S. The molecular weight excluding hydrogens is 626 g/mol. The number of carbonyl (C=O) groups excluding carboxylic acids is 2. The van der Waals surface area contributed by atoms with Crippen LogP contribution in [0.1, 0.15) is 45.6 Å². The zero-order valence-corrected chi connectivity index (χ0v) is 25.5. The van der Waals surface area contributed by atoms with Gasteiger partial charge in [-0.1, -0.05) is 43.0 Å². The molecule has 0 bridgehead atoms. The largest absolute Gasteiger partial charge is 0.416 e. The predicted octanol–water partition coefficient (Wildman–Crippen LogP) is 5.23. The number of para-hydroxylation sites is 1. The van der Waals surface area contributed by atoms with E-state index in [0.29, 0.717) is 28.7 Å². The number of amides is 2. The number of aromatic nitrogens is 2. The molecule has 14 heteroatoms. The highest BCUT2D eigenvalue weighted by molar-refractivity contribution is 7.91. The maximum Gasteiger partial charge on any atom is 0.416 e. The third-order valence-electron chi connectivity index (χ3n) is 7.71. The number of anilines is 1. The van der Waals surface area contributed by atoms with Crippen LogP contribution in [0.2, 0.25) is 0 Å². The summed E-state index contributed by atoms with van der Waals surface area (Å²) in [6.07, 6.45) is -4.71. The van der Waals surface area contributed by atoms with Gasteiger partial charge < -0.3 is 5.32 Å². The fourth-order valence-electron chi connectivity index (χ4n) is 5.46. The van der Waals surface area contributed by atoms with E-state index in [4.69, 9.17) is 5.10 Å². The molecule has 1 aliphatic rings. The van der Waals surface area contributed by atoms with E-state index in [1.807, 2.05) is 0 Å². The summed E-state index contributed by atoms with van der Waals surface area (Å²) >= 11 is 0. The van der Waals surface area contributed by atoms with Crippen molar-refractivity contribution in [2.45, 2.75) is 31.6 Å². The molecule has 1 N–H and O–H groups in total. The van der Waals surface area contributed by atoms with E-state index in [9.17, 15) is 35.6 Å². The number of fused-ring (bicyclic) bond motifs is 1. The Morgan fingerprint density at radius 2 is 1.74 bits per heavy atom. The van der Waals surface area contributed by atoms with Crippen molar-refractivity contribution in [3.63, 3.8) is 0 Å². The highest BCUT2D eigenvalue weighted by Gasteiger charge is 2.46. The molecule has 1 aromatic heterocycles. The quantitative estimate of drug-likeness (QED) is 0.249. The lowest BCUT2D eigenvalue weighted by atomic mass is 9.80. The maximum absolute atomic E-state index is 14.3. The molecule has 3 aromatic carbocycles. The number of benzene rings is 3. The second-order valence-electron chi connectivity index (χ2n) is 10.5. The smallest absolute Gasteiger partial charge is 0.339 e. The lowest BCUT2D eigenvalue weighted by Gasteiger charge is -2.38. The molecule has 2 atom stereocenters. The fourth-order valence-corrected chi connectivity index (χ4v) is 6.02. The Morgan fingerprint density at radius 3 is 2.35 bits per heavy atom. The van der Waals surface area contributed by atoms with Crippen molar-refractivity contribution in [1.29, 1.82) is 0 Å². The zero-order chi connectivity index (χ0) is 33.4. The van der Waals surface area contributed by atoms with Crippen LogP contribution in [0.25, 0.3) is 5.69 Å². The summed E-state index contributed by atoms with van der Waals surface area (Å²) in [5, 5.41) is 8.17. The van der Waals surface area contributed by atoms with Crippen LogP contribution in [0.5, 0.6) is 0 Å². The van der Waals surface area contributed by atoms with Gasteiger partial charge >= 0.3 is 6.18 Å². The summed E-state index contributed by atoms with van der Waals surface area (Å²) in [5.74, 6) is -2.85. The highest BCUT2D eigenvalue weighted by Crippen LogP contribution is 2.44. The second-order valence-corrected chi connectivity index (χ2v) is 12.5. The van der Waals surface area contributed by atoms with Gasteiger partial charge in [0, 0.05) is 36.0 Å². The molecule has 0 aliphatic carbocycles. The number of rotatable bonds is 9. The summed E-state index contributed by atoms with van der Waals surface area (Å²) in [4.78, 5) is 29.2. The monoisotopic (exact) mass is 655 g/mol. The van der Waals surface area contributed by atoms with Crippen LogP contribution in [0.3, 0.4) is 0 Å². The first-order valence-corrected chi connectivity index (χ1v) is 15.6. The van der Waals surface area contributed by atoms with E-state index >= 15 is 0 Å². The van der Waals surface area contributed by atoms with E-state index in [2.05, 4.69) is 11.9 Å². The van der Waals surface area contributed by atoms with Crippen LogP contribution in [0, 0.1) is 5.82 Å². The summed E-state index contributed by atoms with van der Waals surface area (Å²) in [5.41, 5.74) is 0.161. The molecule has 0 spiro atoms. The number of alkyl halides is 3. The zero-order valence-electron chi connectivity index (χ0n) is 24.7. The van der Waals surface area contributed by atoms with Gasteiger partial charge in [-0.2, -0.15) is 22.6 Å². The molecule has 0 fully saturated rings. The van der Waals surface area contributed by atoms with Crippen molar-refractivity contribution in [1.82, 2.24) is 19.4 Å². The number of nitrogens with zero attached hydrogens (tertiary/aromatic N) is 4. The van der Waals surface area contributed by atoms with Crippen LogP contribution >= 0.6 is 0 Å². The first kappa shape index (κ1) is 32.6. The summed E-state index contributed by atoms with van der Waals surface area (Å²) < 4.78 is 82.4. The Bertz CT molecular complexity index is 1890. The molecule has 0 radical (unpaired) electrons. The first-order chi connectivity index (χ1) is 21.8. The number of hydrogen-bond donors (Lipinski definition) is 1. The molecule has 5 rings (SSSR count). The Labute approximate surface area is 262 Å². The van der Waals surface area contributed by atoms with Crippen molar-refractivity contribution < 1.29 is 35.6 Å². The van der Waals surface area contributed by atoms with Crippen LogP contribution in [0.15, 0.2) is 90.8 Å².